The van der Waals surface area contributed by atoms with Gasteiger partial charge in [0.25, 0.3) is 0 Å². The van der Waals surface area contributed by atoms with Crippen LogP contribution in [-0.2, 0) is 11.3 Å². The zero-order valence-electron chi connectivity index (χ0n) is 12.3. The summed E-state index contributed by atoms with van der Waals surface area (Å²) in [5.41, 5.74) is 9.37. The lowest BCUT2D eigenvalue weighted by molar-refractivity contribution is 0.0525. The van der Waals surface area contributed by atoms with Crippen LogP contribution in [0.2, 0.25) is 0 Å². The quantitative estimate of drug-likeness (QED) is 0.859. The van der Waals surface area contributed by atoms with Crippen molar-refractivity contribution >= 4 is 0 Å². The minimum atomic E-state index is 0.110. The normalized spacial score (nSPS) is 13.9. The Bertz CT molecular complexity index is 507. The lowest BCUT2D eigenvalue weighted by Gasteiger charge is -2.14. The first-order chi connectivity index (χ1) is 9.70. The molecule has 0 aromatic heterocycles. The molecule has 0 bridgehead atoms. The van der Waals surface area contributed by atoms with Gasteiger partial charge in [-0.3, -0.25) is 0 Å². The maximum absolute atomic E-state index is 5.92. The smallest absolute Gasteiger partial charge is 0.0801 e. The molecule has 0 saturated heterocycles. The van der Waals surface area contributed by atoms with E-state index in [1.54, 1.807) is 0 Å². The molecule has 0 saturated carbocycles. The van der Waals surface area contributed by atoms with Gasteiger partial charge in [0.2, 0.25) is 0 Å². The second-order valence-corrected chi connectivity index (χ2v) is 5.24. The van der Waals surface area contributed by atoms with Gasteiger partial charge in [0.15, 0.2) is 0 Å². The zero-order valence-corrected chi connectivity index (χ0v) is 12.3. The van der Waals surface area contributed by atoms with E-state index in [9.17, 15) is 0 Å². The summed E-state index contributed by atoms with van der Waals surface area (Å²) in [6.07, 6.45) is 0.110. The third-order valence-corrected chi connectivity index (χ3v) is 3.67. The summed E-state index contributed by atoms with van der Waals surface area (Å²) in [6.45, 7) is 5.54. The third kappa shape index (κ3) is 3.92. The maximum atomic E-state index is 5.92. The lowest BCUT2D eigenvalue weighted by atomic mass is 10.0. The predicted octanol–water partition coefficient (Wildman–Crippen LogP) is 4.03. The van der Waals surface area contributed by atoms with Crippen LogP contribution in [0.25, 0.3) is 0 Å². The van der Waals surface area contributed by atoms with Crippen molar-refractivity contribution in [1.82, 2.24) is 0 Å². The summed E-state index contributed by atoms with van der Waals surface area (Å²) in [5.74, 6) is 0.410. The molecule has 0 aliphatic heterocycles. The Morgan fingerprint density at radius 1 is 0.900 bits per heavy atom. The summed E-state index contributed by atoms with van der Waals surface area (Å²) in [7, 11) is 0. The van der Waals surface area contributed by atoms with E-state index in [1.807, 2.05) is 18.2 Å². The summed E-state index contributed by atoms with van der Waals surface area (Å²) in [4.78, 5) is 0. The molecule has 0 aliphatic carbocycles. The number of nitrogens with two attached hydrogens (primary N) is 1. The maximum Gasteiger partial charge on any atom is 0.0801 e. The van der Waals surface area contributed by atoms with E-state index >= 15 is 0 Å². The van der Waals surface area contributed by atoms with Crippen LogP contribution in [0.5, 0.6) is 0 Å². The molecule has 2 N–H and O–H groups in total. The molecule has 106 valence electrons. The molecule has 0 spiro atoms. The standard InChI is InChI=1S/C18H23NO/c1-14(12-19)17-10-8-16(9-11-17)13-20-15(2)18-6-4-3-5-7-18/h3-11,14-15H,12-13,19H2,1-2H3. The first-order valence-electron chi connectivity index (χ1n) is 7.16. The van der Waals surface area contributed by atoms with E-state index in [1.165, 1.54) is 16.7 Å². The molecule has 0 fully saturated rings. The van der Waals surface area contributed by atoms with Gasteiger partial charge in [0, 0.05) is 0 Å². The number of hydrogen-bond acceptors (Lipinski definition) is 2. The van der Waals surface area contributed by atoms with Crippen LogP contribution in [0.4, 0.5) is 0 Å². The predicted molar refractivity (Wildman–Crippen MR) is 83.6 cm³/mol. The van der Waals surface area contributed by atoms with Crippen molar-refractivity contribution in [2.24, 2.45) is 5.73 Å². The fraction of sp³-hybridized carbons (Fsp3) is 0.333. The first kappa shape index (κ1) is 14.8. The topological polar surface area (TPSA) is 35.2 Å². The highest BCUT2D eigenvalue weighted by molar-refractivity contribution is 5.25. The van der Waals surface area contributed by atoms with E-state index in [4.69, 9.17) is 10.5 Å². The van der Waals surface area contributed by atoms with Gasteiger partial charge in [0.1, 0.15) is 0 Å². The van der Waals surface area contributed by atoms with Gasteiger partial charge in [0.05, 0.1) is 12.7 Å². The molecule has 2 rings (SSSR count). The third-order valence-electron chi connectivity index (χ3n) is 3.67. The van der Waals surface area contributed by atoms with Crippen molar-refractivity contribution in [1.29, 1.82) is 0 Å². The van der Waals surface area contributed by atoms with Gasteiger partial charge in [-0.25, -0.2) is 0 Å². The SMILES string of the molecule is CC(CN)c1ccc(COC(C)c2ccccc2)cc1. The fourth-order valence-corrected chi connectivity index (χ4v) is 2.12. The average Bonchev–Trinajstić information content (AvgIpc) is 2.53. The molecule has 2 aromatic rings. The van der Waals surface area contributed by atoms with E-state index in [2.05, 4.69) is 50.2 Å². The molecule has 0 amide bonds. The van der Waals surface area contributed by atoms with Gasteiger partial charge in [-0.15, -0.1) is 0 Å². The Hall–Kier alpha value is -1.64. The summed E-state index contributed by atoms with van der Waals surface area (Å²) in [5, 5.41) is 0. The highest BCUT2D eigenvalue weighted by Crippen LogP contribution is 2.19. The molecule has 0 aliphatic rings. The Balaban J connectivity index is 1.91. The van der Waals surface area contributed by atoms with Crippen LogP contribution in [0.15, 0.2) is 54.6 Å². The van der Waals surface area contributed by atoms with Crippen molar-refractivity contribution in [3.05, 3.63) is 71.3 Å². The van der Waals surface area contributed by atoms with Gasteiger partial charge in [-0.1, -0.05) is 61.5 Å². The van der Waals surface area contributed by atoms with Gasteiger partial charge >= 0.3 is 0 Å². The largest absolute Gasteiger partial charge is 0.369 e. The van der Waals surface area contributed by atoms with Crippen molar-refractivity contribution in [3.63, 3.8) is 0 Å². The number of ether oxygens (including phenoxy) is 1. The van der Waals surface area contributed by atoms with E-state index in [-0.39, 0.29) is 6.10 Å². The minimum Gasteiger partial charge on any atom is -0.369 e. The van der Waals surface area contributed by atoms with Crippen molar-refractivity contribution in [3.8, 4) is 0 Å². The van der Waals surface area contributed by atoms with Gasteiger partial charge in [-0.05, 0) is 36.1 Å². The van der Waals surface area contributed by atoms with Crippen LogP contribution >= 0.6 is 0 Å². The number of benzene rings is 2. The fourth-order valence-electron chi connectivity index (χ4n) is 2.12. The minimum absolute atomic E-state index is 0.110. The van der Waals surface area contributed by atoms with Crippen LogP contribution in [0.3, 0.4) is 0 Å². The Kier molecular flexibility index (Phi) is 5.33. The number of rotatable bonds is 6. The summed E-state index contributed by atoms with van der Waals surface area (Å²) < 4.78 is 5.92. The van der Waals surface area contributed by atoms with E-state index in [0.717, 1.165) is 0 Å². The Labute approximate surface area is 121 Å². The van der Waals surface area contributed by atoms with Crippen LogP contribution < -0.4 is 5.73 Å². The second-order valence-electron chi connectivity index (χ2n) is 5.24. The molecule has 2 heteroatoms. The van der Waals surface area contributed by atoms with E-state index in [0.29, 0.717) is 19.1 Å². The molecule has 2 nitrogen and oxygen atoms in total. The monoisotopic (exact) mass is 269 g/mol. The molecule has 0 radical (unpaired) electrons. The van der Waals surface area contributed by atoms with Crippen molar-refractivity contribution in [2.75, 3.05) is 6.54 Å². The van der Waals surface area contributed by atoms with Crippen molar-refractivity contribution in [2.45, 2.75) is 32.5 Å². The summed E-state index contributed by atoms with van der Waals surface area (Å²) >= 11 is 0. The lowest BCUT2D eigenvalue weighted by Crippen LogP contribution is -2.08. The zero-order chi connectivity index (χ0) is 14.4. The van der Waals surface area contributed by atoms with Gasteiger partial charge in [-0.2, -0.15) is 0 Å². The van der Waals surface area contributed by atoms with Crippen LogP contribution in [-0.4, -0.2) is 6.54 Å². The van der Waals surface area contributed by atoms with Gasteiger partial charge < -0.3 is 10.5 Å². The van der Waals surface area contributed by atoms with Crippen LogP contribution in [0.1, 0.15) is 42.6 Å². The van der Waals surface area contributed by atoms with E-state index < -0.39 is 0 Å². The molecular weight excluding hydrogens is 246 g/mol. The molecule has 2 aromatic carbocycles. The Morgan fingerprint density at radius 3 is 2.15 bits per heavy atom. The van der Waals surface area contributed by atoms with Crippen molar-refractivity contribution < 1.29 is 4.74 Å². The molecule has 0 heterocycles. The molecule has 20 heavy (non-hydrogen) atoms. The molecular formula is C18H23NO. The van der Waals surface area contributed by atoms with Crippen LogP contribution in [0, 0.1) is 0 Å². The Morgan fingerprint density at radius 2 is 1.55 bits per heavy atom. The molecule has 2 atom stereocenters. The highest BCUT2D eigenvalue weighted by Gasteiger charge is 2.06. The average molecular weight is 269 g/mol. The highest BCUT2D eigenvalue weighted by atomic mass is 16.5. The summed E-state index contributed by atoms with van der Waals surface area (Å²) in [6, 6.07) is 18.8. The number of hydrogen-bond donors (Lipinski definition) is 1. The second kappa shape index (κ2) is 7.22. The molecule has 2 unspecified atom stereocenters. The first-order valence-corrected chi connectivity index (χ1v) is 7.16.